The monoisotopic (exact) mass is 369 g/mol. The lowest BCUT2D eigenvalue weighted by molar-refractivity contribution is -0.142. The summed E-state index contributed by atoms with van der Waals surface area (Å²) < 4.78 is 24.4. The molecule has 3 aliphatic rings. The Morgan fingerprint density at radius 2 is 1.88 bits per heavy atom. The number of likely N-dealkylation sites (tertiary alicyclic amines) is 1. The number of nitrogens with zero attached hydrogens (tertiary/aromatic N) is 3. The Kier molecular flexibility index (Phi) is 5.20. The van der Waals surface area contributed by atoms with E-state index < -0.39 is 9.84 Å². The van der Waals surface area contributed by atoms with Gasteiger partial charge in [0.05, 0.1) is 24.1 Å². The van der Waals surface area contributed by atoms with Crippen molar-refractivity contribution < 1.29 is 18.0 Å². The van der Waals surface area contributed by atoms with E-state index in [1.54, 1.807) is 9.80 Å². The van der Waals surface area contributed by atoms with Crippen LogP contribution in [0.2, 0.25) is 0 Å². The Labute approximate surface area is 149 Å². The molecule has 3 aliphatic heterocycles. The van der Waals surface area contributed by atoms with E-state index in [1.165, 1.54) is 5.57 Å². The van der Waals surface area contributed by atoms with Gasteiger partial charge in [-0.2, -0.15) is 0 Å². The first kappa shape index (κ1) is 18.4. The van der Waals surface area contributed by atoms with Gasteiger partial charge >= 0.3 is 0 Å². The van der Waals surface area contributed by atoms with E-state index in [0.29, 0.717) is 32.6 Å². The van der Waals surface area contributed by atoms with Crippen LogP contribution in [0.25, 0.3) is 0 Å². The summed E-state index contributed by atoms with van der Waals surface area (Å²) >= 11 is 0. The second kappa shape index (κ2) is 7.07. The van der Waals surface area contributed by atoms with E-state index in [1.807, 2.05) is 13.8 Å². The average Bonchev–Trinajstić information content (AvgIpc) is 3.06. The molecule has 0 aliphatic carbocycles. The van der Waals surface area contributed by atoms with E-state index >= 15 is 0 Å². The molecule has 0 aromatic carbocycles. The van der Waals surface area contributed by atoms with Gasteiger partial charge in [-0.05, 0) is 20.3 Å². The molecule has 8 heteroatoms. The summed E-state index contributed by atoms with van der Waals surface area (Å²) in [5, 5.41) is 0. The molecular weight excluding hydrogens is 342 g/mol. The van der Waals surface area contributed by atoms with Crippen LogP contribution in [0.4, 0.5) is 0 Å². The molecule has 0 bridgehead atoms. The number of rotatable bonds is 4. The lowest BCUT2D eigenvalue weighted by atomic mass is 10.0. The van der Waals surface area contributed by atoms with Crippen molar-refractivity contribution in [2.75, 3.05) is 44.2 Å². The number of carbonyl (C=O) groups excluding carboxylic acids is 2. The Hall–Kier alpha value is -1.41. The number of amides is 2. The molecule has 3 saturated heterocycles. The van der Waals surface area contributed by atoms with E-state index in [2.05, 4.69) is 11.0 Å². The van der Waals surface area contributed by atoms with Crippen LogP contribution in [-0.4, -0.2) is 91.2 Å². The van der Waals surface area contributed by atoms with Crippen LogP contribution in [-0.2, 0) is 19.4 Å². The summed E-state index contributed by atoms with van der Waals surface area (Å²) in [6, 6.07) is -0.443. The van der Waals surface area contributed by atoms with Crippen molar-refractivity contribution in [1.82, 2.24) is 14.7 Å². The molecule has 3 fully saturated rings. The van der Waals surface area contributed by atoms with Crippen LogP contribution in [0.1, 0.15) is 26.7 Å². The van der Waals surface area contributed by atoms with Crippen molar-refractivity contribution in [3.63, 3.8) is 0 Å². The first-order valence-corrected chi connectivity index (χ1v) is 10.7. The van der Waals surface area contributed by atoms with Crippen molar-refractivity contribution in [3.8, 4) is 0 Å². The zero-order valence-electron chi connectivity index (χ0n) is 15.0. The highest BCUT2D eigenvalue weighted by Gasteiger charge is 2.47. The molecule has 0 N–H and O–H groups in total. The molecule has 0 aromatic heterocycles. The summed E-state index contributed by atoms with van der Waals surface area (Å²) in [4.78, 5) is 30.0. The summed E-state index contributed by atoms with van der Waals surface area (Å²) in [6.07, 6.45) is 3.40. The molecule has 140 valence electrons. The molecule has 7 nitrogen and oxygen atoms in total. The van der Waals surface area contributed by atoms with Gasteiger partial charge in [0.15, 0.2) is 9.84 Å². The minimum atomic E-state index is -3.14. The standard InChI is InChI=1S/C17H27N3O4S/c1-13(2)5-7-18-8-9-20(15-12-25(23,24)11-14(15)18)17(22)10-19-6-3-4-16(19)21/h5,14-15H,3-4,6-12H2,1-2H3/t14-,15+/m1/s1. The number of sulfone groups is 1. The second-order valence-corrected chi connectivity index (χ2v) is 9.65. The average molecular weight is 369 g/mol. The number of fused-ring (bicyclic) bond motifs is 1. The highest BCUT2D eigenvalue weighted by Crippen LogP contribution is 2.27. The van der Waals surface area contributed by atoms with Gasteiger partial charge in [0.1, 0.15) is 0 Å². The molecule has 0 saturated carbocycles. The van der Waals surface area contributed by atoms with Gasteiger partial charge in [0, 0.05) is 38.6 Å². The molecule has 0 aromatic rings. The number of hydrogen-bond acceptors (Lipinski definition) is 5. The van der Waals surface area contributed by atoms with E-state index in [0.717, 1.165) is 6.42 Å². The van der Waals surface area contributed by atoms with E-state index in [-0.39, 0.29) is 41.9 Å². The number of allylic oxidation sites excluding steroid dienone is 1. The predicted molar refractivity (Wildman–Crippen MR) is 94.8 cm³/mol. The van der Waals surface area contributed by atoms with Crippen LogP contribution in [0.15, 0.2) is 11.6 Å². The fourth-order valence-electron chi connectivity index (χ4n) is 3.99. The lowest BCUT2D eigenvalue weighted by Crippen LogP contribution is -2.61. The van der Waals surface area contributed by atoms with E-state index in [4.69, 9.17) is 0 Å². The summed E-state index contributed by atoms with van der Waals surface area (Å²) in [5.74, 6) is 0.0407. The predicted octanol–water partition coefficient (Wildman–Crippen LogP) is -0.115. The maximum atomic E-state index is 12.7. The summed E-state index contributed by atoms with van der Waals surface area (Å²) in [7, 11) is -3.14. The zero-order valence-corrected chi connectivity index (χ0v) is 15.8. The van der Waals surface area contributed by atoms with Crippen LogP contribution in [0.5, 0.6) is 0 Å². The van der Waals surface area contributed by atoms with Crippen molar-refractivity contribution in [3.05, 3.63) is 11.6 Å². The Balaban J connectivity index is 1.73. The molecule has 25 heavy (non-hydrogen) atoms. The Morgan fingerprint density at radius 1 is 1.16 bits per heavy atom. The quantitative estimate of drug-likeness (QED) is 0.646. The molecule has 3 heterocycles. The molecule has 0 unspecified atom stereocenters. The maximum Gasteiger partial charge on any atom is 0.242 e. The third kappa shape index (κ3) is 4.06. The highest BCUT2D eigenvalue weighted by molar-refractivity contribution is 7.91. The molecule has 2 atom stereocenters. The third-order valence-corrected chi connectivity index (χ3v) is 7.04. The summed E-state index contributed by atoms with van der Waals surface area (Å²) in [6.45, 7) is 6.65. The number of hydrogen-bond donors (Lipinski definition) is 0. The largest absolute Gasteiger partial charge is 0.334 e. The van der Waals surface area contributed by atoms with E-state index in [9.17, 15) is 18.0 Å². The van der Waals surface area contributed by atoms with Crippen LogP contribution in [0, 0.1) is 0 Å². The highest BCUT2D eigenvalue weighted by atomic mass is 32.2. The third-order valence-electron chi connectivity index (χ3n) is 5.34. The lowest BCUT2D eigenvalue weighted by Gasteiger charge is -2.44. The minimum absolute atomic E-state index is 0.0196. The van der Waals surface area contributed by atoms with Crippen molar-refractivity contribution >= 4 is 21.7 Å². The normalized spacial score (nSPS) is 29.0. The first-order chi connectivity index (χ1) is 11.8. The van der Waals surface area contributed by atoms with Gasteiger partial charge in [-0.3, -0.25) is 14.5 Å². The van der Waals surface area contributed by atoms with Crippen LogP contribution >= 0.6 is 0 Å². The van der Waals surface area contributed by atoms with Gasteiger partial charge in [-0.1, -0.05) is 11.6 Å². The zero-order chi connectivity index (χ0) is 18.2. The fraction of sp³-hybridized carbons (Fsp3) is 0.765. The minimum Gasteiger partial charge on any atom is -0.334 e. The smallest absolute Gasteiger partial charge is 0.242 e. The van der Waals surface area contributed by atoms with Gasteiger partial charge in [-0.25, -0.2) is 8.42 Å². The van der Waals surface area contributed by atoms with Crippen LogP contribution < -0.4 is 0 Å². The van der Waals surface area contributed by atoms with Gasteiger partial charge in [0.25, 0.3) is 0 Å². The van der Waals surface area contributed by atoms with Crippen molar-refractivity contribution in [2.45, 2.75) is 38.8 Å². The molecule has 0 radical (unpaired) electrons. The molecule has 2 amide bonds. The van der Waals surface area contributed by atoms with Crippen LogP contribution in [0.3, 0.4) is 0 Å². The number of carbonyl (C=O) groups is 2. The van der Waals surface area contributed by atoms with Gasteiger partial charge < -0.3 is 9.80 Å². The van der Waals surface area contributed by atoms with Crippen molar-refractivity contribution in [2.24, 2.45) is 0 Å². The molecule has 3 rings (SSSR count). The Bertz CT molecular complexity index is 684. The van der Waals surface area contributed by atoms with Gasteiger partial charge in [0.2, 0.25) is 11.8 Å². The number of piperazine rings is 1. The summed E-state index contributed by atoms with van der Waals surface area (Å²) in [5.41, 5.74) is 1.20. The topological polar surface area (TPSA) is 78.0 Å². The molecular formula is C17H27N3O4S. The van der Waals surface area contributed by atoms with Gasteiger partial charge in [-0.15, -0.1) is 0 Å². The maximum absolute atomic E-state index is 12.7. The SMILES string of the molecule is CC(C)=CCN1CCN(C(=O)CN2CCCC2=O)[C@H]2CS(=O)(=O)C[C@H]21. The fourth-order valence-corrected chi connectivity index (χ4v) is 6.00. The second-order valence-electron chi connectivity index (χ2n) is 7.49. The molecule has 0 spiro atoms. The van der Waals surface area contributed by atoms with Crippen molar-refractivity contribution in [1.29, 1.82) is 0 Å². The Morgan fingerprint density at radius 3 is 2.52 bits per heavy atom. The first-order valence-electron chi connectivity index (χ1n) is 8.92.